The first-order chi connectivity index (χ1) is 6.84. The van der Waals surface area contributed by atoms with Crippen molar-refractivity contribution in [2.75, 3.05) is 5.88 Å². The summed E-state index contributed by atoms with van der Waals surface area (Å²) in [5, 5.41) is 0. The van der Waals surface area contributed by atoms with Crippen LogP contribution in [0.3, 0.4) is 0 Å². The van der Waals surface area contributed by atoms with Crippen molar-refractivity contribution in [1.29, 1.82) is 0 Å². The van der Waals surface area contributed by atoms with Crippen molar-refractivity contribution in [2.45, 2.75) is 12.8 Å². The van der Waals surface area contributed by atoms with Gasteiger partial charge in [0.2, 0.25) is 0 Å². The first-order valence-electron chi connectivity index (χ1n) is 4.66. The molecule has 1 aromatic rings. The van der Waals surface area contributed by atoms with Crippen LogP contribution in [0.5, 0.6) is 0 Å². The van der Waals surface area contributed by atoms with Crippen molar-refractivity contribution in [3.05, 3.63) is 48.0 Å². The van der Waals surface area contributed by atoms with E-state index in [9.17, 15) is 4.79 Å². The second kappa shape index (κ2) is 6.39. The van der Waals surface area contributed by atoms with E-state index in [0.717, 1.165) is 18.4 Å². The molecule has 1 aromatic carbocycles. The first-order valence-corrected chi connectivity index (χ1v) is 5.20. The van der Waals surface area contributed by atoms with Gasteiger partial charge in [0.25, 0.3) is 0 Å². The number of unbranched alkanes of at least 4 members (excludes halogenated alkanes) is 1. The number of hydrogen-bond acceptors (Lipinski definition) is 1. The van der Waals surface area contributed by atoms with E-state index in [1.807, 2.05) is 36.4 Å². The standard InChI is InChI=1S/C12H13ClO/c13-10-6-2-5-9-12(14)11-7-3-1-4-8-11/h1,3-5,7-9H,2,6,10H2/b9-5+. The van der Waals surface area contributed by atoms with Gasteiger partial charge in [-0.05, 0) is 18.9 Å². The van der Waals surface area contributed by atoms with Crippen LogP contribution in [0.1, 0.15) is 23.2 Å². The SMILES string of the molecule is O=C(/C=C/CCCCl)c1ccccc1. The molecule has 74 valence electrons. The lowest BCUT2D eigenvalue weighted by atomic mass is 10.1. The third-order valence-electron chi connectivity index (χ3n) is 1.83. The predicted molar refractivity (Wildman–Crippen MR) is 59.9 cm³/mol. The Morgan fingerprint density at radius 3 is 2.64 bits per heavy atom. The highest BCUT2D eigenvalue weighted by Crippen LogP contribution is 2.02. The van der Waals surface area contributed by atoms with E-state index in [1.54, 1.807) is 6.08 Å². The molecule has 0 bridgehead atoms. The number of benzene rings is 1. The molecule has 0 saturated carbocycles. The highest BCUT2D eigenvalue weighted by Gasteiger charge is 1.97. The number of allylic oxidation sites excluding steroid dienone is 2. The summed E-state index contributed by atoms with van der Waals surface area (Å²) in [5.74, 6) is 0.698. The van der Waals surface area contributed by atoms with Crippen LogP contribution in [0.25, 0.3) is 0 Å². The maximum atomic E-state index is 11.5. The van der Waals surface area contributed by atoms with Crippen LogP contribution in [0.15, 0.2) is 42.5 Å². The summed E-state index contributed by atoms with van der Waals surface area (Å²) in [6.45, 7) is 0. The van der Waals surface area contributed by atoms with E-state index in [-0.39, 0.29) is 5.78 Å². The number of alkyl halides is 1. The van der Waals surface area contributed by atoms with E-state index < -0.39 is 0 Å². The van der Waals surface area contributed by atoms with Gasteiger partial charge in [-0.1, -0.05) is 36.4 Å². The Labute approximate surface area is 89.4 Å². The fourth-order valence-electron chi connectivity index (χ4n) is 1.08. The minimum Gasteiger partial charge on any atom is -0.289 e. The normalized spacial score (nSPS) is 10.6. The second-order valence-corrected chi connectivity index (χ2v) is 3.34. The number of carbonyl (C=O) groups is 1. The molecule has 0 unspecified atom stereocenters. The molecule has 2 heteroatoms. The van der Waals surface area contributed by atoms with Crippen molar-refractivity contribution < 1.29 is 4.79 Å². The minimum atomic E-state index is 0.0557. The third kappa shape index (κ3) is 3.75. The van der Waals surface area contributed by atoms with Crippen LogP contribution < -0.4 is 0 Å². The quantitative estimate of drug-likeness (QED) is 0.314. The first kappa shape index (κ1) is 11.0. The number of rotatable bonds is 5. The summed E-state index contributed by atoms with van der Waals surface area (Å²) in [4.78, 5) is 11.5. The average molecular weight is 209 g/mol. The average Bonchev–Trinajstić information content (AvgIpc) is 2.25. The Morgan fingerprint density at radius 2 is 2.00 bits per heavy atom. The van der Waals surface area contributed by atoms with Crippen molar-refractivity contribution in [1.82, 2.24) is 0 Å². The number of carbonyl (C=O) groups excluding carboxylic acids is 1. The molecule has 0 heterocycles. The molecule has 0 atom stereocenters. The molecule has 0 spiro atoms. The van der Waals surface area contributed by atoms with Gasteiger partial charge in [-0.3, -0.25) is 4.79 Å². The molecule has 1 rings (SSSR count). The Kier molecular flexibility index (Phi) is 5.02. The topological polar surface area (TPSA) is 17.1 Å². The molecule has 0 aliphatic carbocycles. The lowest BCUT2D eigenvalue weighted by Gasteiger charge is -1.93. The highest BCUT2D eigenvalue weighted by molar-refractivity contribution is 6.17. The summed E-state index contributed by atoms with van der Waals surface area (Å²) in [6, 6.07) is 9.25. The lowest BCUT2D eigenvalue weighted by molar-refractivity contribution is 0.104. The number of halogens is 1. The zero-order chi connectivity index (χ0) is 10.2. The van der Waals surface area contributed by atoms with E-state index in [1.165, 1.54) is 0 Å². The lowest BCUT2D eigenvalue weighted by Crippen LogP contribution is -1.92. The molecule has 14 heavy (non-hydrogen) atoms. The second-order valence-electron chi connectivity index (χ2n) is 2.96. The monoisotopic (exact) mass is 208 g/mol. The van der Waals surface area contributed by atoms with Gasteiger partial charge in [-0.2, -0.15) is 0 Å². The van der Waals surface area contributed by atoms with Gasteiger partial charge >= 0.3 is 0 Å². The fraction of sp³-hybridized carbons (Fsp3) is 0.250. The summed E-state index contributed by atoms with van der Waals surface area (Å²) in [7, 11) is 0. The maximum Gasteiger partial charge on any atom is 0.185 e. The van der Waals surface area contributed by atoms with E-state index in [2.05, 4.69) is 0 Å². The van der Waals surface area contributed by atoms with Gasteiger partial charge in [-0.15, -0.1) is 11.6 Å². The van der Waals surface area contributed by atoms with Crippen LogP contribution in [0.2, 0.25) is 0 Å². The Balaban J connectivity index is 2.47. The Bertz CT molecular complexity index is 303. The summed E-state index contributed by atoms with van der Waals surface area (Å²) >= 11 is 5.52. The van der Waals surface area contributed by atoms with Crippen molar-refractivity contribution >= 4 is 17.4 Å². The fourth-order valence-corrected chi connectivity index (χ4v) is 1.24. The van der Waals surface area contributed by atoms with Gasteiger partial charge < -0.3 is 0 Å². The Morgan fingerprint density at radius 1 is 1.29 bits per heavy atom. The van der Waals surface area contributed by atoms with Gasteiger partial charge in [0.05, 0.1) is 0 Å². The summed E-state index contributed by atoms with van der Waals surface area (Å²) < 4.78 is 0. The molecule has 0 aliphatic rings. The molecular weight excluding hydrogens is 196 g/mol. The van der Waals surface area contributed by atoms with E-state index in [4.69, 9.17) is 11.6 Å². The zero-order valence-electron chi connectivity index (χ0n) is 7.95. The molecule has 0 aliphatic heterocycles. The van der Waals surface area contributed by atoms with Crippen molar-refractivity contribution in [3.63, 3.8) is 0 Å². The molecule has 0 saturated heterocycles. The molecule has 0 aromatic heterocycles. The summed E-state index contributed by atoms with van der Waals surface area (Å²) in [6.07, 6.45) is 5.27. The molecule has 1 nitrogen and oxygen atoms in total. The predicted octanol–water partition coefficient (Wildman–Crippen LogP) is 3.44. The van der Waals surface area contributed by atoms with Crippen LogP contribution >= 0.6 is 11.6 Å². The minimum absolute atomic E-state index is 0.0557. The molecule has 0 radical (unpaired) electrons. The maximum absolute atomic E-state index is 11.5. The van der Waals surface area contributed by atoms with Gasteiger partial charge in [0.15, 0.2) is 5.78 Å². The highest BCUT2D eigenvalue weighted by atomic mass is 35.5. The number of ketones is 1. The van der Waals surface area contributed by atoms with Gasteiger partial charge in [0, 0.05) is 11.4 Å². The zero-order valence-corrected chi connectivity index (χ0v) is 8.70. The number of hydrogen-bond donors (Lipinski definition) is 0. The van der Waals surface area contributed by atoms with Gasteiger partial charge in [0.1, 0.15) is 0 Å². The van der Waals surface area contributed by atoms with Crippen LogP contribution in [-0.4, -0.2) is 11.7 Å². The van der Waals surface area contributed by atoms with E-state index >= 15 is 0 Å². The smallest absolute Gasteiger partial charge is 0.185 e. The van der Waals surface area contributed by atoms with Crippen molar-refractivity contribution in [3.8, 4) is 0 Å². The molecule has 0 fully saturated rings. The van der Waals surface area contributed by atoms with Gasteiger partial charge in [-0.25, -0.2) is 0 Å². The Hall–Kier alpha value is -1.08. The van der Waals surface area contributed by atoms with Crippen LogP contribution in [0, 0.1) is 0 Å². The molecular formula is C12H13ClO. The van der Waals surface area contributed by atoms with Crippen LogP contribution in [-0.2, 0) is 0 Å². The van der Waals surface area contributed by atoms with Crippen molar-refractivity contribution in [2.24, 2.45) is 0 Å². The van der Waals surface area contributed by atoms with E-state index in [0.29, 0.717) is 5.88 Å². The van der Waals surface area contributed by atoms with Crippen LogP contribution in [0.4, 0.5) is 0 Å². The third-order valence-corrected chi connectivity index (χ3v) is 2.10. The summed E-state index contributed by atoms with van der Waals surface area (Å²) in [5.41, 5.74) is 0.731. The molecule has 0 N–H and O–H groups in total. The molecule has 0 amide bonds. The largest absolute Gasteiger partial charge is 0.289 e.